The molecule has 1 heterocycles. The van der Waals surface area contributed by atoms with Gasteiger partial charge in [0.15, 0.2) is 5.82 Å². The minimum Gasteiger partial charge on any atom is -0.305 e. The molecule has 0 spiro atoms. The van der Waals surface area contributed by atoms with Crippen LogP contribution in [0.3, 0.4) is 0 Å². The fraction of sp³-hybridized carbons (Fsp3) is 0.167. The van der Waals surface area contributed by atoms with E-state index in [1.807, 2.05) is 6.92 Å². The summed E-state index contributed by atoms with van der Waals surface area (Å²) in [4.78, 5) is 11.9. The number of aromatic nitrogens is 2. The molecule has 0 aliphatic heterocycles. The molecule has 17 heavy (non-hydrogen) atoms. The van der Waals surface area contributed by atoms with Crippen molar-refractivity contribution in [2.45, 2.75) is 13.8 Å². The number of rotatable bonds is 2. The second kappa shape index (κ2) is 4.37. The van der Waals surface area contributed by atoms with Gasteiger partial charge in [-0.1, -0.05) is 0 Å². The lowest BCUT2D eigenvalue weighted by molar-refractivity contribution is 0.102. The number of halogens is 1. The number of H-pyrrole nitrogens is 1. The number of carbonyl (C=O) groups excluding carboxylic acids is 1. The highest BCUT2D eigenvalue weighted by molar-refractivity contribution is 6.04. The van der Waals surface area contributed by atoms with E-state index in [1.54, 1.807) is 13.0 Å². The van der Waals surface area contributed by atoms with Crippen molar-refractivity contribution in [2.75, 3.05) is 5.32 Å². The van der Waals surface area contributed by atoms with Crippen LogP contribution in [0.1, 0.15) is 21.6 Å². The standard InChI is InChI=1S/C12H12FN3O/c1-7-5-9(13)3-4-10(7)12(17)14-11-6-8(2)15-16-11/h3-6H,1-2H3,(H2,14,15,16,17). The summed E-state index contributed by atoms with van der Waals surface area (Å²) in [5.41, 5.74) is 1.89. The number of benzene rings is 1. The van der Waals surface area contributed by atoms with Gasteiger partial charge in [-0.15, -0.1) is 0 Å². The summed E-state index contributed by atoms with van der Waals surface area (Å²) in [6, 6.07) is 5.76. The topological polar surface area (TPSA) is 57.8 Å². The highest BCUT2D eigenvalue weighted by atomic mass is 19.1. The van der Waals surface area contributed by atoms with Crippen molar-refractivity contribution < 1.29 is 9.18 Å². The smallest absolute Gasteiger partial charge is 0.257 e. The zero-order valence-electron chi connectivity index (χ0n) is 9.54. The van der Waals surface area contributed by atoms with Crippen molar-refractivity contribution >= 4 is 11.7 Å². The summed E-state index contributed by atoms with van der Waals surface area (Å²) in [7, 11) is 0. The first-order valence-corrected chi connectivity index (χ1v) is 5.16. The predicted molar refractivity (Wildman–Crippen MR) is 62.4 cm³/mol. The molecule has 88 valence electrons. The molecule has 0 aliphatic carbocycles. The number of carbonyl (C=O) groups is 1. The van der Waals surface area contributed by atoms with Gasteiger partial charge in [0.2, 0.25) is 0 Å². The summed E-state index contributed by atoms with van der Waals surface area (Å²) in [5, 5.41) is 9.26. The molecule has 2 rings (SSSR count). The molecule has 0 saturated heterocycles. The Labute approximate surface area is 97.9 Å². The van der Waals surface area contributed by atoms with E-state index in [4.69, 9.17) is 0 Å². The number of anilines is 1. The van der Waals surface area contributed by atoms with E-state index in [0.29, 0.717) is 16.9 Å². The van der Waals surface area contributed by atoms with Crippen LogP contribution in [0.5, 0.6) is 0 Å². The highest BCUT2D eigenvalue weighted by Crippen LogP contribution is 2.12. The van der Waals surface area contributed by atoms with Crippen molar-refractivity contribution in [1.29, 1.82) is 0 Å². The number of nitrogens with one attached hydrogen (secondary N) is 2. The molecule has 5 heteroatoms. The molecule has 0 fully saturated rings. The quantitative estimate of drug-likeness (QED) is 0.836. The third-order valence-electron chi connectivity index (χ3n) is 2.38. The largest absolute Gasteiger partial charge is 0.305 e. The van der Waals surface area contributed by atoms with Gasteiger partial charge in [-0.3, -0.25) is 9.89 Å². The lowest BCUT2D eigenvalue weighted by Crippen LogP contribution is -2.13. The summed E-state index contributed by atoms with van der Waals surface area (Å²) >= 11 is 0. The Bertz CT molecular complexity index is 563. The van der Waals surface area contributed by atoms with E-state index in [9.17, 15) is 9.18 Å². The first kappa shape index (κ1) is 11.3. The van der Waals surface area contributed by atoms with Gasteiger partial charge in [0.25, 0.3) is 5.91 Å². The first-order chi connectivity index (χ1) is 8.06. The lowest BCUT2D eigenvalue weighted by atomic mass is 10.1. The number of aromatic amines is 1. The van der Waals surface area contributed by atoms with E-state index < -0.39 is 0 Å². The molecule has 1 aromatic heterocycles. The maximum absolute atomic E-state index is 12.9. The van der Waals surface area contributed by atoms with Crippen LogP contribution < -0.4 is 5.32 Å². The van der Waals surface area contributed by atoms with Crippen LogP contribution in [-0.2, 0) is 0 Å². The van der Waals surface area contributed by atoms with E-state index in [2.05, 4.69) is 15.5 Å². The van der Waals surface area contributed by atoms with Gasteiger partial charge in [0.1, 0.15) is 5.82 Å². The third-order valence-corrected chi connectivity index (χ3v) is 2.38. The zero-order chi connectivity index (χ0) is 12.4. The number of aryl methyl sites for hydroxylation is 2. The zero-order valence-corrected chi connectivity index (χ0v) is 9.54. The monoisotopic (exact) mass is 233 g/mol. The fourth-order valence-corrected chi connectivity index (χ4v) is 1.55. The second-order valence-electron chi connectivity index (χ2n) is 3.85. The average Bonchev–Trinajstić information content (AvgIpc) is 2.63. The van der Waals surface area contributed by atoms with Crippen LogP contribution in [-0.4, -0.2) is 16.1 Å². The minimum atomic E-state index is -0.352. The number of hydrogen-bond donors (Lipinski definition) is 2. The normalized spacial score (nSPS) is 10.3. The minimum absolute atomic E-state index is 0.297. The Morgan fingerprint density at radius 3 is 2.71 bits per heavy atom. The predicted octanol–water partition coefficient (Wildman–Crippen LogP) is 2.42. The highest BCUT2D eigenvalue weighted by Gasteiger charge is 2.10. The molecular formula is C12H12FN3O. The molecule has 1 amide bonds. The Morgan fingerprint density at radius 2 is 2.12 bits per heavy atom. The van der Waals surface area contributed by atoms with Crippen LogP contribution in [0.2, 0.25) is 0 Å². The molecule has 0 radical (unpaired) electrons. The maximum atomic E-state index is 12.9. The second-order valence-corrected chi connectivity index (χ2v) is 3.85. The SMILES string of the molecule is Cc1cc(NC(=O)c2ccc(F)cc2C)n[nH]1. The van der Waals surface area contributed by atoms with Gasteiger partial charge < -0.3 is 5.32 Å². The van der Waals surface area contributed by atoms with Gasteiger partial charge in [-0.2, -0.15) is 5.10 Å². The van der Waals surface area contributed by atoms with Gasteiger partial charge in [-0.05, 0) is 37.6 Å². The van der Waals surface area contributed by atoms with Gasteiger partial charge in [-0.25, -0.2) is 4.39 Å². The third kappa shape index (κ3) is 2.50. The number of hydrogen-bond acceptors (Lipinski definition) is 2. The Balaban J connectivity index is 2.20. The molecule has 0 unspecified atom stereocenters. The van der Waals surface area contributed by atoms with E-state index in [-0.39, 0.29) is 11.7 Å². The molecular weight excluding hydrogens is 221 g/mol. The van der Waals surface area contributed by atoms with Crippen LogP contribution in [0.4, 0.5) is 10.2 Å². The van der Waals surface area contributed by atoms with Gasteiger partial charge >= 0.3 is 0 Å². The van der Waals surface area contributed by atoms with E-state index in [0.717, 1.165) is 5.69 Å². The number of amides is 1. The van der Waals surface area contributed by atoms with Crippen LogP contribution in [0.25, 0.3) is 0 Å². The van der Waals surface area contributed by atoms with Crippen molar-refractivity contribution in [3.05, 3.63) is 46.9 Å². The van der Waals surface area contributed by atoms with Crippen LogP contribution in [0.15, 0.2) is 24.3 Å². The summed E-state index contributed by atoms with van der Waals surface area (Å²) in [6.07, 6.45) is 0. The summed E-state index contributed by atoms with van der Waals surface area (Å²) < 4.78 is 12.9. The lowest BCUT2D eigenvalue weighted by Gasteiger charge is -2.05. The van der Waals surface area contributed by atoms with E-state index >= 15 is 0 Å². The van der Waals surface area contributed by atoms with Crippen molar-refractivity contribution in [1.82, 2.24) is 10.2 Å². The Morgan fingerprint density at radius 1 is 1.35 bits per heavy atom. The fourth-order valence-electron chi connectivity index (χ4n) is 1.55. The molecule has 0 atom stereocenters. The summed E-state index contributed by atoms with van der Waals surface area (Å²) in [6.45, 7) is 3.53. The Kier molecular flexibility index (Phi) is 2.91. The van der Waals surface area contributed by atoms with Crippen molar-refractivity contribution in [3.63, 3.8) is 0 Å². The number of nitrogens with zero attached hydrogens (tertiary/aromatic N) is 1. The first-order valence-electron chi connectivity index (χ1n) is 5.16. The Hall–Kier alpha value is -2.17. The van der Waals surface area contributed by atoms with Crippen LogP contribution in [0, 0.1) is 19.7 Å². The van der Waals surface area contributed by atoms with Crippen molar-refractivity contribution in [2.24, 2.45) is 0 Å². The molecule has 0 aliphatic rings. The van der Waals surface area contributed by atoms with Crippen LogP contribution >= 0.6 is 0 Å². The van der Waals surface area contributed by atoms with Gasteiger partial charge in [0, 0.05) is 17.3 Å². The molecule has 1 aromatic carbocycles. The summed E-state index contributed by atoms with van der Waals surface area (Å²) in [5.74, 6) is -0.195. The van der Waals surface area contributed by atoms with E-state index in [1.165, 1.54) is 18.2 Å². The average molecular weight is 233 g/mol. The molecule has 0 bridgehead atoms. The molecule has 2 N–H and O–H groups in total. The molecule has 2 aromatic rings. The molecule has 4 nitrogen and oxygen atoms in total. The maximum Gasteiger partial charge on any atom is 0.257 e. The van der Waals surface area contributed by atoms with Gasteiger partial charge in [0.05, 0.1) is 0 Å². The molecule has 0 saturated carbocycles. The van der Waals surface area contributed by atoms with Crippen molar-refractivity contribution in [3.8, 4) is 0 Å².